The van der Waals surface area contributed by atoms with Crippen LogP contribution in [0, 0.1) is 0 Å². The zero-order valence-corrected chi connectivity index (χ0v) is 11.9. The summed E-state index contributed by atoms with van der Waals surface area (Å²) in [4.78, 5) is 17.0. The number of carbonyl (C=O) groups excluding carboxylic acids is 1. The first-order valence-corrected chi connectivity index (χ1v) is 6.72. The smallest absolute Gasteiger partial charge is 0.179 e. The summed E-state index contributed by atoms with van der Waals surface area (Å²) in [6.07, 6.45) is 0. The lowest BCUT2D eigenvalue weighted by atomic mass is 10.0. The van der Waals surface area contributed by atoms with Gasteiger partial charge in [0.1, 0.15) is 5.75 Å². The number of hydrogen-bond acceptors (Lipinski definition) is 4. The Balaban J connectivity index is 2.01. The first kappa shape index (κ1) is 14.0. The molecule has 0 N–H and O–H groups in total. The molecule has 1 heterocycles. The van der Waals surface area contributed by atoms with E-state index >= 15 is 0 Å². The Morgan fingerprint density at radius 3 is 2.26 bits per heavy atom. The van der Waals surface area contributed by atoms with Crippen molar-refractivity contribution in [1.82, 2.24) is 9.80 Å². The van der Waals surface area contributed by atoms with Crippen molar-refractivity contribution in [2.45, 2.75) is 13.0 Å². The molecule has 0 unspecified atom stereocenters. The van der Waals surface area contributed by atoms with Crippen molar-refractivity contribution in [3.05, 3.63) is 29.8 Å². The molecule has 1 aromatic rings. The molecule has 2 rings (SSSR count). The number of carbonyl (C=O) groups is 1. The third-order valence-corrected chi connectivity index (χ3v) is 3.84. The first-order valence-electron chi connectivity index (χ1n) is 6.72. The number of nitrogens with zero attached hydrogens (tertiary/aromatic N) is 2. The maximum absolute atomic E-state index is 12.4. The number of ketones is 1. The number of methoxy groups -OCH3 is 1. The summed E-state index contributed by atoms with van der Waals surface area (Å²) in [5.74, 6) is 0.969. The lowest BCUT2D eigenvalue weighted by Crippen LogP contribution is -2.50. The number of benzene rings is 1. The predicted molar refractivity (Wildman–Crippen MR) is 75.9 cm³/mol. The zero-order chi connectivity index (χ0) is 13.8. The van der Waals surface area contributed by atoms with Gasteiger partial charge < -0.3 is 9.64 Å². The van der Waals surface area contributed by atoms with Crippen molar-refractivity contribution in [2.24, 2.45) is 0 Å². The Bertz CT molecular complexity index is 422. The van der Waals surface area contributed by atoms with Crippen molar-refractivity contribution in [3.63, 3.8) is 0 Å². The van der Waals surface area contributed by atoms with Crippen molar-refractivity contribution < 1.29 is 9.53 Å². The third kappa shape index (κ3) is 3.33. The lowest BCUT2D eigenvalue weighted by Gasteiger charge is -2.35. The molecule has 1 aliphatic heterocycles. The van der Waals surface area contributed by atoms with E-state index in [9.17, 15) is 4.79 Å². The van der Waals surface area contributed by atoms with Crippen molar-refractivity contribution in [3.8, 4) is 5.75 Å². The van der Waals surface area contributed by atoms with Crippen LogP contribution in [0.4, 0.5) is 0 Å². The lowest BCUT2D eigenvalue weighted by molar-refractivity contribution is 0.0738. The van der Waals surface area contributed by atoms with Crippen molar-refractivity contribution in [1.29, 1.82) is 0 Å². The van der Waals surface area contributed by atoms with E-state index in [4.69, 9.17) is 4.74 Å². The van der Waals surface area contributed by atoms with Gasteiger partial charge >= 0.3 is 0 Å². The molecule has 0 amide bonds. The van der Waals surface area contributed by atoms with Crippen LogP contribution >= 0.6 is 0 Å². The van der Waals surface area contributed by atoms with Gasteiger partial charge in [0.25, 0.3) is 0 Å². The van der Waals surface area contributed by atoms with Crippen LogP contribution in [0.15, 0.2) is 24.3 Å². The van der Waals surface area contributed by atoms with Gasteiger partial charge in [-0.05, 0) is 38.2 Å². The van der Waals surface area contributed by atoms with Crippen LogP contribution in [0.2, 0.25) is 0 Å². The van der Waals surface area contributed by atoms with E-state index in [1.807, 2.05) is 31.2 Å². The number of piperazine rings is 1. The summed E-state index contributed by atoms with van der Waals surface area (Å²) < 4.78 is 5.11. The van der Waals surface area contributed by atoms with Gasteiger partial charge in [-0.3, -0.25) is 9.69 Å². The Morgan fingerprint density at radius 2 is 1.74 bits per heavy atom. The van der Waals surface area contributed by atoms with Crippen LogP contribution in [0.25, 0.3) is 0 Å². The van der Waals surface area contributed by atoms with Crippen LogP contribution in [-0.4, -0.2) is 62.0 Å². The Labute approximate surface area is 115 Å². The van der Waals surface area contributed by atoms with E-state index in [0.29, 0.717) is 0 Å². The van der Waals surface area contributed by atoms with Crippen LogP contribution in [0.3, 0.4) is 0 Å². The van der Waals surface area contributed by atoms with E-state index in [1.165, 1.54) is 0 Å². The molecule has 0 spiro atoms. The summed E-state index contributed by atoms with van der Waals surface area (Å²) in [6.45, 7) is 5.97. The number of hydrogen-bond donors (Lipinski definition) is 0. The third-order valence-electron chi connectivity index (χ3n) is 3.84. The van der Waals surface area contributed by atoms with E-state index < -0.39 is 0 Å². The molecule has 1 fully saturated rings. The average Bonchev–Trinajstić information content (AvgIpc) is 2.46. The number of likely N-dealkylation sites (N-methyl/N-ethyl adjacent to an activating group) is 1. The van der Waals surface area contributed by atoms with Crippen LogP contribution in [0.1, 0.15) is 17.3 Å². The highest BCUT2D eigenvalue weighted by Crippen LogP contribution is 2.15. The fourth-order valence-electron chi connectivity index (χ4n) is 2.37. The maximum Gasteiger partial charge on any atom is 0.179 e. The largest absolute Gasteiger partial charge is 0.497 e. The van der Waals surface area contributed by atoms with Gasteiger partial charge in [-0.25, -0.2) is 0 Å². The summed E-state index contributed by atoms with van der Waals surface area (Å²) in [5.41, 5.74) is 0.757. The molecule has 0 saturated carbocycles. The molecule has 1 saturated heterocycles. The molecule has 1 aromatic carbocycles. The molecular weight excluding hydrogens is 240 g/mol. The summed E-state index contributed by atoms with van der Waals surface area (Å²) >= 11 is 0. The minimum Gasteiger partial charge on any atom is -0.497 e. The van der Waals surface area contributed by atoms with Gasteiger partial charge in [0.15, 0.2) is 5.78 Å². The molecule has 0 aliphatic carbocycles. The van der Waals surface area contributed by atoms with Crippen LogP contribution in [0.5, 0.6) is 5.75 Å². The standard InChI is InChI=1S/C15H22N2O2/c1-12(17-10-8-16(2)9-11-17)15(18)13-4-6-14(19-3)7-5-13/h4-7,12H,8-11H2,1-3H3/t12-/m1/s1. The monoisotopic (exact) mass is 262 g/mol. The fourth-order valence-corrected chi connectivity index (χ4v) is 2.37. The number of ether oxygens (including phenoxy) is 1. The second-order valence-corrected chi connectivity index (χ2v) is 5.11. The minimum absolute atomic E-state index is 0.0536. The van der Waals surface area contributed by atoms with E-state index in [-0.39, 0.29) is 11.8 Å². The topological polar surface area (TPSA) is 32.8 Å². The predicted octanol–water partition coefficient (Wildman–Crippen LogP) is 1.51. The Kier molecular flexibility index (Phi) is 4.56. The summed E-state index contributed by atoms with van der Waals surface area (Å²) in [7, 11) is 3.75. The van der Waals surface area contributed by atoms with Crippen LogP contribution in [-0.2, 0) is 0 Å². The Morgan fingerprint density at radius 1 is 1.16 bits per heavy atom. The van der Waals surface area contributed by atoms with E-state index in [2.05, 4.69) is 16.8 Å². The second-order valence-electron chi connectivity index (χ2n) is 5.11. The molecule has 0 aromatic heterocycles. The van der Waals surface area contributed by atoms with Gasteiger partial charge in [-0.15, -0.1) is 0 Å². The normalized spacial score (nSPS) is 19.1. The highest BCUT2D eigenvalue weighted by molar-refractivity contribution is 5.99. The molecule has 0 radical (unpaired) electrons. The summed E-state index contributed by atoms with van der Waals surface area (Å²) in [6, 6.07) is 7.30. The second kappa shape index (κ2) is 6.17. The molecule has 0 bridgehead atoms. The van der Waals surface area contributed by atoms with E-state index in [0.717, 1.165) is 37.5 Å². The fraction of sp³-hybridized carbons (Fsp3) is 0.533. The number of rotatable bonds is 4. The summed E-state index contributed by atoms with van der Waals surface area (Å²) in [5, 5.41) is 0. The molecule has 4 heteroatoms. The van der Waals surface area contributed by atoms with Crippen molar-refractivity contribution in [2.75, 3.05) is 40.3 Å². The van der Waals surface area contributed by atoms with Gasteiger partial charge in [0, 0.05) is 31.7 Å². The molecular formula is C15H22N2O2. The first-order chi connectivity index (χ1) is 9.11. The van der Waals surface area contributed by atoms with Gasteiger partial charge in [-0.1, -0.05) is 0 Å². The highest BCUT2D eigenvalue weighted by Gasteiger charge is 2.25. The maximum atomic E-state index is 12.4. The molecule has 4 nitrogen and oxygen atoms in total. The molecule has 1 atom stereocenters. The molecule has 1 aliphatic rings. The van der Waals surface area contributed by atoms with Crippen molar-refractivity contribution >= 4 is 5.78 Å². The van der Waals surface area contributed by atoms with Gasteiger partial charge in [-0.2, -0.15) is 0 Å². The number of Topliss-reactive ketones (excluding diaryl/α,β-unsaturated/α-hetero) is 1. The molecule has 104 valence electrons. The van der Waals surface area contributed by atoms with E-state index in [1.54, 1.807) is 7.11 Å². The zero-order valence-electron chi connectivity index (χ0n) is 11.9. The van der Waals surface area contributed by atoms with Gasteiger partial charge in [0.2, 0.25) is 0 Å². The SMILES string of the molecule is COc1ccc(C(=O)[C@@H](C)N2CCN(C)CC2)cc1. The minimum atomic E-state index is -0.0536. The quantitative estimate of drug-likeness (QED) is 0.770. The highest BCUT2D eigenvalue weighted by atomic mass is 16.5. The Hall–Kier alpha value is -1.39. The van der Waals surface area contributed by atoms with Crippen LogP contribution < -0.4 is 4.74 Å². The molecule has 19 heavy (non-hydrogen) atoms. The van der Waals surface area contributed by atoms with Gasteiger partial charge in [0.05, 0.1) is 13.2 Å². The average molecular weight is 262 g/mol.